The number of hydrogen-bond acceptors (Lipinski definition) is 0. The first-order valence-electron chi connectivity index (χ1n) is 11.7. The molecule has 170 valence electrons. The van der Waals surface area contributed by atoms with Crippen molar-refractivity contribution in [1.82, 2.24) is 0 Å². The van der Waals surface area contributed by atoms with E-state index >= 15 is 0 Å². The van der Waals surface area contributed by atoms with Crippen LogP contribution < -0.4 is 0 Å². The van der Waals surface area contributed by atoms with E-state index in [1.165, 1.54) is 22.3 Å². The summed E-state index contributed by atoms with van der Waals surface area (Å²) in [5.41, 5.74) is 7.67. The van der Waals surface area contributed by atoms with Crippen LogP contribution in [-0.4, -0.2) is 0 Å². The third-order valence-electron chi connectivity index (χ3n) is 5.81. The van der Waals surface area contributed by atoms with Gasteiger partial charge in [0.15, 0.2) is 0 Å². The molecule has 0 saturated heterocycles. The van der Waals surface area contributed by atoms with Gasteiger partial charge in [-0.25, -0.2) is 0 Å². The Hall–Kier alpha value is -2.44. The molecule has 2 rings (SSSR count). The van der Waals surface area contributed by atoms with Crippen LogP contribution in [-0.2, 0) is 21.7 Å². The maximum absolute atomic E-state index is 3.31. The lowest BCUT2D eigenvalue weighted by Gasteiger charge is -2.25. The van der Waals surface area contributed by atoms with Crippen molar-refractivity contribution in [3.8, 4) is 23.7 Å². The second-order valence-corrected chi connectivity index (χ2v) is 13.1. The number of hydrogen-bond donors (Lipinski definition) is 0. The molecule has 0 aliphatic heterocycles. The first-order chi connectivity index (χ1) is 14.4. The normalized spacial score (nSPS) is 12.5. The van der Waals surface area contributed by atoms with Gasteiger partial charge in [0.1, 0.15) is 0 Å². The maximum Gasteiger partial charge on any atom is 0.0261 e. The van der Waals surface area contributed by atoms with Gasteiger partial charge in [-0.2, -0.15) is 0 Å². The third kappa shape index (κ3) is 7.04. The van der Waals surface area contributed by atoms with E-state index in [-0.39, 0.29) is 21.7 Å². The van der Waals surface area contributed by atoms with Crippen molar-refractivity contribution < 1.29 is 0 Å². The highest BCUT2D eigenvalue weighted by molar-refractivity contribution is 5.50. The second kappa shape index (κ2) is 8.83. The summed E-state index contributed by atoms with van der Waals surface area (Å²) < 4.78 is 0. The lowest BCUT2D eigenvalue weighted by Crippen LogP contribution is -2.16. The first-order valence-corrected chi connectivity index (χ1v) is 11.7. The van der Waals surface area contributed by atoms with Crippen molar-refractivity contribution >= 4 is 0 Å². The molecule has 0 amide bonds. The second-order valence-electron chi connectivity index (χ2n) is 13.1. The summed E-state index contributed by atoms with van der Waals surface area (Å²) in [6.45, 7) is 27.0. The van der Waals surface area contributed by atoms with Gasteiger partial charge in [0.25, 0.3) is 0 Å². The van der Waals surface area contributed by atoms with E-state index in [2.05, 4.69) is 143 Å². The van der Waals surface area contributed by atoms with Crippen LogP contribution in [0.2, 0.25) is 0 Å². The Balaban J connectivity index is 2.49. The lowest BCUT2D eigenvalue weighted by molar-refractivity contribution is 0.567. The maximum atomic E-state index is 3.31. The van der Waals surface area contributed by atoms with Crippen LogP contribution in [0.5, 0.6) is 0 Å². The van der Waals surface area contributed by atoms with Gasteiger partial charge in [-0.1, -0.05) is 107 Å². The summed E-state index contributed by atoms with van der Waals surface area (Å²) in [5.74, 6) is 12.8. The molecule has 0 saturated carbocycles. The van der Waals surface area contributed by atoms with Gasteiger partial charge in [0.2, 0.25) is 0 Å². The molecule has 0 aliphatic rings. The minimum Gasteiger partial charge on any atom is -0.0561 e. The van der Waals surface area contributed by atoms with Crippen molar-refractivity contribution in [3.63, 3.8) is 0 Å². The minimum atomic E-state index is 0.0835. The summed E-state index contributed by atoms with van der Waals surface area (Å²) in [4.78, 5) is 0. The highest BCUT2D eigenvalue weighted by Gasteiger charge is 2.21. The van der Waals surface area contributed by atoms with E-state index in [4.69, 9.17) is 0 Å². The van der Waals surface area contributed by atoms with Crippen molar-refractivity contribution in [2.75, 3.05) is 0 Å². The highest BCUT2D eigenvalue weighted by atomic mass is 14.3. The van der Waals surface area contributed by atoms with Crippen molar-refractivity contribution in [2.45, 2.75) is 105 Å². The highest BCUT2D eigenvalue weighted by Crippen LogP contribution is 2.31. The van der Waals surface area contributed by atoms with Crippen LogP contribution in [0.25, 0.3) is 0 Å². The molecule has 0 unspecified atom stereocenters. The molecule has 0 aliphatic carbocycles. The van der Waals surface area contributed by atoms with Crippen LogP contribution in [0.4, 0.5) is 0 Å². The van der Waals surface area contributed by atoms with Gasteiger partial charge in [0, 0.05) is 11.1 Å². The molecule has 0 radical (unpaired) electrons. The van der Waals surface area contributed by atoms with E-state index < -0.39 is 0 Å². The summed E-state index contributed by atoms with van der Waals surface area (Å²) in [6, 6.07) is 13.5. The topological polar surface area (TPSA) is 0 Å². The average molecular weight is 427 g/mol. The van der Waals surface area contributed by atoms with Crippen molar-refractivity contribution in [2.24, 2.45) is 0 Å². The zero-order valence-electron chi connectivity index (χ0n) is 22.5. The van der Waals surface area contributed by atoms with E-state index in [1.54, 1.807) is 0 Å². The van der Waals surface area contributed by atoms with Crippen LogP contribution in [0.15, 0.2) is 36.4 Å². The number of benzene rings is 2. The summed E-state index contributed by atoms with van der Waals surface area (Å²) >= 11 is 0. The van der Waals surface area contributed by atoms with Gasteiger partial charge in [0.05, 0.1) is 0 Å². The molecule has 2 aromatic rings. The molecular weight excluding hydrogens is 384 g/mol. The predicted molar refractivity (Wildman–Crippen MR) is 141 cm³/mol. The monoisotopic (exact) mass is 426 g/mol. The van der Waals surface area contributed by atoms with E-state index in [1.807, 2.05) is 0 Å². The van der Waals surface area contributed by atoms with E-state index in [0.29, 0.717) is 0 Å². The fourth-order valence-corrected chi connectivity index (χ4v) is 3.34. The van der Waals surface area contributed by atoms with Gasteiger partial charge in [-0.05, 0) is 80.0 Å². The number of rotatable bonds is 0. The standard InChI is InChI=1S/C32H42/c1-29(2,3)25-17-23(18-26(21-25)30(4,5)6)15-13-14-16-24-19-27(31(7,8)9)22-28(20-24)32(10,11)12/h17-22H,1-12H3. The van der Waals surface area contributed by atoms with Crippen molar-refractivity contribution in [3.05, 3.63) is 69.8 Å². The molecule has 0 nitrogen and oxygen atoms in total. The Kier molecular flexibility index (Phi) is 7.13. The van der Waals surface area contributed by atoms with Crippen LogP contribution in [0, 0.1) is 23.7 Å². The first kappa shape index (κ1) is 25.8. The summed E-state index contributed by atoms with van der Waals surface area (Å²) in [6.07, 6.45) is 0. The van der Waals surface area contributed by atoms with Gasteiger partial charge in [-0.15, -0.1) is 0 Å². The Morgan fingerprint density at radius 3 is 0.781 bits per heavy atom. The van der Waals surface area contributed by atoms with Crippen LogP contribution >= 0.6 is 0 Å². The molecule has 32 heavy (non-hydrogen) atoms. The predicted octanol–water partition coefficient (Wildman–Crippen LogP) is 8.28. The SMILES string of the molecule is CC(C)(C)c1cc(C#CC#Cc2cc(C(C)(C)C)cc(C(C)(C)C)c2)cc(C(C)(C)C)c1. The Labute approximate surface area is 198 Å². The summed E-state index contributed by atoms with van der Waals surface area (Å²) in [7, 11) is 0. The smallest absolute Gasteiger partial charge is 0.0261 e. The van der Waals surface area contributed by atoms with Crippen molar-refractivity contribution in [1.29, 1.82) is 0 Å². The Morgan fingerprint density at radius 2 is 0.594 bits per heavy atom. The molecule has 0 spiro atoms. The van der Waals surface area contributed by atoms with E-state index in [9.17, 15) is 0 Å². The molecule has 0 heteroatoms. The largest absolute Gasteiger partial charge is 0.0561 e. The fourth-order valence-electron chi connectivity index (χ4n) is 3.34. The van der Waals surface area contributed by atoms with Gasteiger partial charge in [-0.3, -0.25) is 0 Å². The average Bonchev–Trinajstić information content (AvgIpc) is 2.62. The van der Waals surface area contributed by atoms with Crippen LogP contribution in [0.1, 0.15) is 116 Å². The van der Waals surface area contributed by atoms with Gasteiger partial charge < -0.3 is 0 Å². The minimum absolute atomic E-state index is 0.0835. The van der Waals surface area contributed by atoms with Crippen LogP contribution in [0.3, 0.4) is 0 Å². The molecule has 0 aromatic heterocycles. The third-order valence-corrected chi connectivity index (χ3v) is 5.81. The van der Waals surface area contributed by atoms with Gasteiger partial charge >= 0.3 is 0 Å². The Bertz CT molecular complexity index is 934. The molecule has 0 fully saturated rings. The molecule has 0 atom stereocenters. The molecule has 0 heterocycles. The zero-order valence-corrected chi connectivity index (χ0v) is 22.5. The van der Waals surface area contributed by atoms with E-state index in [0.717, 1.165) is 11.1 Å². The Morgan fingerprint density at radius 1 is 0.375 bits per heavy atom. The molecule has 0 N–H and O–H groups in total. The zero-order chi connectivity index (χ0) is 24.5. The molecule has 2 aromatic carbocycles. The molecule has 0 bridgehead atoms. The fraction of sp³-hybridized carbons (Fsp3) is 0.500. The lowest BCUT2D eigenvalue weighted by atomic mass is 9.79. The quantitative estimate of drug-likeness (QED) is 0.372. The molecular formula is C32H42. The summed E-state index contributed by atoms with van der Waals surface area (Å²) in [5, 5.41) is 0.